The van der Waals surface area contributed by atoms with Gasteiger partial charge in [-0.2, -0.15) is 0 Å². The van der Waals surface area contributed by atoms with Gasteiger partial charge < -0.3 is 14.4 Å². The molecule has 3 heteroatoms. The van der Waals surface area contributed by atoms with E-state index in [4.69, 9.17) is 9.47 Å². The summed E-state index contributed by atoms with van der Waals surface area (Å²) in [5.74, 6) is 1.72. The molecule has 3 nitrogen and oxygen atoms in total. The summed E-state index contributed by atoms with van der Waals surface area (Å²) in [6.45, 7) is 1.23. The van der Waals surface area contributed by atoms with Gasteiger partial charge in [0.1, 0.15) is 0 Å². The van der Waals surface area contributed by atoms with Crippen LogP contribution >= 0.6 is 0 Å². The first kappa shape index (κ1) is 9.83. The zero-order valence-corrected chi connectivity index (χ0v) is 10.1. The Hall–Kier alpha value is -2.16. The van der Waals surface area contributed by atoms with Crippen molar-refractivity contribution in [3.8, 4) is 22.6 Å². The average molecular weight is 239 g/mol. The molecule has 0 spiro atoms. The lowest BCUT2D eigenvalue weighted by Crippen LogP contribution is -2.21. The third kappa shape index (κ3) is 1.24. The van der Waals surface area contributed by atoms with Crippen LogP contribution < -0.4 is 14.4 Å². The van der Waals surface area contributed by atoms with Crippen LogP contribution in [0.3, 0.4) is 0 Å². The Labute approximate surface area is 106 Å². The Morgan fingerprint density at radius 2 is 1.78 bits per heavy atom. The lowest BCUT2D eigenvalue weighted by molar-refractivity contribution is 0.174. The number of hydrogen-bond acceptors (Lipinski definition) is 3. The Kier molecular flexibility index (Phi) is 1.87. The quantitative estimate of drug-likeness (QED) is 0.705. The Bertz CT molecular complexity index is 636. The molecule has 0 amide bonds. The molecule has 90 valence electrons. The van der Waals surface area contributed by atoms with E-state index in [0.717, 1.165) is 18.0 Å². The van der Waals surface area contributed by atoms with Crippen molar-refractivity contribution >= 4 is 5.69 Å². The molecule has 0 radical (unpaired) electrons. The number of fused-ring (bicyclic) bond motifs is 4. The first-order valence-electron chi connectivity index (χ1n) is 6.06. The van der Waals surface area contributed by atoms with Crippen LogP contribution in [0.2, 0.25) is 0 Å². The lowest BCUT2D eigenvalue weighted by atomic mass is 9.93. The van der Waals surface area contributed by atoms with E-state index in [2.05, 4.69) is 48.3 Å². The molecular weight excluding hydrogens is 226 g/mol. The summed E-state index contributed by atoms with van der Waals surface area (Å²) in [5.41, 5.74) is 5.08. The van der Waals surface area contributed by atoms with E-state index in [1.54, 1.807) is 0 Å². The molecule has 0 N–H and O–H groups in total. The standard InChI is InChI=1S/C15H13NO2/c1-16-8-10-6-14-15(18-9-17-14)7-12(10)11-4-2-3-5-13(11)16/h2-7H,8-9H2,1H3. The highest BCUT2D eigenvalue weighted by molar-refractivity contribution is 5.85. The molecule has 0 atom stereocenters. The summed E-state index contributed by atoms with van der Waals surface area (Å²) in [6, 6.07) is 12.7. The second-order valence-corrected chi connectivity index (χ2v) is 4.74. The molecule has 0 saturated carbocycles. The van der Waals surface area contributed by atoms with E-state index in [-0.39, 0.29) is 0 Å². The molecule has 2 heterocycles. The van der Waals surface area contributed by atoms with E-state index < -0.39 is 0 Å². The Balaban J connectivity index is 1.98. The van der Waals surface area contributed by atoms with Crippen molar-refractivity contribution in [3.05, 3.63) is 42.0 Å². The van der Waals surface area contributed by atoms with Crippen LogP contribution in [0.5, 0.6) is 11.5 Å². The van der Waals surface area contributed by atoms with Gasteiger partial charge in [0.15, 0.2) is 11.5 Å². The third-order valence-corrected chi connectivity index (χ3v) is 3.61. The third-order valence-electron chi connectivity index (χ3n) is 3.61. The molecule has 2 aromatic rings. The lowest BCUT2D eigenvalue weighted by Gasteiger charge is -2.29. The van der Waals surface area contributed by atoms with Crippen molar-refractivity contribution in [3.63, 3.8) is 0 Å². The molecule has 2 aliphatic rings. The second kappa shape index (κ2) is 3.42. The van der Waals surface area contributed by atoms with Crippen molar-refractivity contribution < 1.29 is 9.47 Å². The maximum atomic E-state index is 5.47. The molecule has 0 saturated heterocycles. The summed E-state index contributed by atoms with van der Waals surface area (Å²) in [5, 5.41) is 0. The van der Waals surface area contributed by atoms with Crippen LogP contribution in [0, 0.1) is 0 Å². The fraction of sp³-hybridized carbons (Fsp3) is 0.200. The van der Waals surface area contributed by atoms with Gasteiger partial charge in [0.05, 0.1) is 0 Å². The van der Waals surface area contributed by atoms with Gasteiger partial charge >= 0.3 is 0 Å². The van der Waals surface area contributed by atoms with Gasteiger partial charge in [0.25, 0.3) is 0 Å². The molecule has 0 aliphatic carbocycles. The molecule has 2 aromatic carbocycles. The number of anilines is 1. The van der Waals surface area contributed by atoms with E-state index in [9.17, 15) is 0 Å². The van der Waals surface area contributed by atoms with E-state index in [1.165, 1.54) is 22.4 Å². The first-order chi connectivity index (χ1) is 8.83. The number of nitrogens with zero attached hydrogens (tertiary/aromatic N) is 1. The number of rotatable bonds is 0. The summed E-state index contributed by atoms with van der Waals surface area (Å²) in [4.78, 5) is 2.26. The Morgan fingerprint density at radius 3 is 2.67 bits per heavy atom. The molecular formula is C15H13NO2. The van der Waals surface area contributed by atoms with Crippen molar-refractivity contribution in [2.75, 3.05) is 18.7 Å². The minimum atomic E-state index is 0.329. The van der Waals surface area contributed by atoms with Gasteiger partial charge in [0, 0.05) is 24.8 Å². The highest BCUT2D eigenvalue weighted by atomic mass is 16.7. The van der Waals surface area contributed by atoms with Crippen LogP contribution in [0.15, 0.2) is 36.4 Å². The summed E-state index contributed by atoms with van der Waals surface area (Å²) >= 11 is 0. The van der Waals surface area contributed by atoms with Crippen molar-refractivity contribution in [1.29, 1.82) is 0 Å². The number of para-hydroxylation sites is 1. The highest BCUT2D eigenvalue weighted by Gasteiger charge is 2.24. The van der Waals surface area contributed by atoms with Gasteiger partial charge in [-0.1, -0.05) is 18.2 Å². The van der Waals surface area contributed by atoms with Crippen LogP contribution in [0.25, 0.3) is 11.1 Å². The normalized spacial score (nSPS) is 15.3. The largest absolute Gasteiger partial charge is 0.454 e. The molecule has 0 unspecified atom stereocenters. The van der Waals surface area contributed by atoms with Crippen LogP contribution in [0.1, 0.15) is 5.56 Å². The maximum absolute atomic E-state index is 5.47. The SMILES string of the molecule is CN1Cc2cc3c(cc2-c2ccccc21)OCO3. The Morgan fingerprint density at radius 1 is 1.00 bits per heavy atom. The van der Waals surface area contributed by atoms with Crippen LogP contribution in [-0.4, -0.2) is 13.8 Å². The molecule has 0 bridgehead atoms. The molecule has 2 aliphatic heterocycles. The smallest absolute Gasteiger partial charge is 0.231 e. The van der Waals surface area contributed by atoms with Crippen LogP contribution in [0.4, 0.5) is 5.69 Å². The van der Waals surface area contributed by atoms with Crippen LogP contribution in [-0.2, 0) is 6.54 Å². The zero-order chi connectivity index (χ0) is 12.1. The summed E-state index contributed by atoms with van der Waals surface area (Å²) in [7, 11) is 2.12. The summed E-state index contributed by atoms with van der Waals surface area (Å²) in [6.07, 6.45) is 0. The average Bonchev–Trinajstić information content (AvgIpc) is 2.84. The number of hydrogen-bond donors (Lipinski definition) is 0. The fourth-order valence-electron chi connectivity index (χ4n) is 2.74. The highest BCUT2D eigenvalue weighted by Crippen LogP contribution is 2.44. The zero-order valence-electron chi connectivity index (χ0n) is 10.1. The number of benzene rings is 2. The molecule has 0 fully saturated rings. The predicted octanol–water partition coefficient (Wildman–Crippen LogP) is 3.03. The van der Waals surface area contributed by atoms with E-state index in [0.29, 0.717) is 6.79 Å². The predicted molar refractivity (Wildman–Crippen MR) is 70.1 cm³/mol. The minimum absolute atomic E-state index is 0.329. The molecule has 0 aromatic heterocycles. The van der Waals surface area contributed by atoms with E-state index in [1.807, 2.05) is 0 Å². The van der Waals surface area contributed by atoms with Gasteiger partial charge in [-0.05, 0) is 29.3 Å². The van der Waals surface area contributed by atoms with Gasteiger partial charge in [0.2, 0.25) is 6.79 Å². The van der Waals surface area contributed by atoms with Crippen molar-refractivity contribution in [1.82, 2.24) is 0 Å². The monoisotopic (exact) mass is 239 g/mol. The van der Waals surface area contributed by atoms with Gasteiger partial charge in [-0.25, -0.2) is 0 Å². The van der Waals surface area contributed by atoms with Crippen molar-refractivity contribution in [2.45, 2.75) is 6.54 Å². The first-order valence-corrected chi connectivity index (χ1v) is 6.06. The number of ether oxygens (including phenoxy) is 2. The maximum Gasteiger partial charge on any atom is 0.231 e. The minimum Gasteiger partial charge on any atom is -0.454 e. The van der Waals surface area contributed by atoms with Crippen molar-refractivity contribution in [2.24, 2.45) is 0 Å². The fourth-order valence-corrected chi connectivity index (χ4v) is 2.74. The summed E-state index contributed by atoms with van der Waals surface area (Å²) < 4.78 is 10.9. The van der Waals surface area contributed by atoms with E-state index >= 15 is 0 Å². The second-order valence-electron chi connectivity index (χ2n) is 4.74. The van der Waals surface area contributed by atoms with Gasteiger partial charge in [-0.3, -0.25) is 0 Å². The topological polar surface area (TPSA) is 21.7 Å². The molecule has 4 rings (SSSR count). The van der Waals surface area contributed by atoms with Gasteiger partial charge in [-0.15, -0.1) is 0 Å². The molecule has 18 heavy (non-hydrogen) atoms.